The molecule has 0 aliphatic carbocycles. The van der Waals surface area contributed by atoms with Crippen molar-refractivity contribution in [3.8, 4) is 11.8 Å². The van der Waals surface area contributed by atoms with Gasteiger partial charge in [0.1, 0.15) is 0 Å². The Kier molecular flexibility index (Phi) is 9.49. The zero-order valence-corrected chi connectivity index (χ0v) is 18.6. The Morgan fingerprint density at radius 3 is 2.19 bits per heavy atom. The normalized spacial score (nSPS) is 11.2. The fourth-order valence-electron chi connectivity index (χ4n) is 2.70. The first-order valence-electron chi connectivity index (χ1n) is 9.85. The molecule has 10 heteroatoms. The number of hydrogen-bond acceptors (Lipinski definition) is 7. The van der Waals surface area contributed by atoms with Gasteiger partial charge in [-0.2, -0.15) is 4.31 Å². The van der Waals surface area contributed by atoms with Crippen molar-refractivity contribution in [3.63, 3.8) is 0 Å². The van der Waals surface area contributed by atoms with E-state index in [0.29, 0.717) is 18.8 Å². The average Bonchev–Trinajstić information content (AvgIpc) is 2.79. The number of non-ortho nitro benzene ring substituents is 1. The number of nitrogens with zero attached hydrogens (tertiary/aromatic N) is 2. The Morgan fingerprint density at radius 1 is 1.06 bits per heavy atom. The van der Waals surface area contributed by atoms with E-state index in [9.17, 15) is 23.3 Å². The standard InChI is InChI=1S/C22H24N2O7S/c1-3-30-22(31-4-2)17-23(16-8-11-21(25)18-9-6-5-7-10-18)32(28,29)20-14-12-19(13-15-20)24(26)27/h5-7,9-10,12-15,22H,3-4,16-17H2,1-2H3. The quantitative estimate of drug-likeness (QED) is 0.126. The van der Waals surface area contributed by atoms with Gasteiger partial charge in [-0.15, -0.1) is 0 Å². The summed E-state index contributed by atoms with van der Waals surface area (Å²) in [6.07, 6.45) is -0.843. The predicted molar refractivity (Wildman–Crippen MR) is 117 cm³/mol. The fraction of sp³-hybridized carbons (Fsp3) is 0.318. The molecular formula is C22H24N2O7S. The molecule has 0 bridgehead atoms. The fourth-order valence-corrected chi connectivity index (χ4v) is 4.03. The van der Waals surface area contributed by atoms with Crippen LogP contribution in [-0.4, -0.2) is 56.0 Å². The molecular weight excluding hydrogens is 436 g/mol. The van der Waals surface area contributed by atoms with Crippen LogP contribution in [0.4, 0.5) is 5.69 Å². The van der Waals surface area contributed by atoms with Crippen LogP contribution in [0.5, 0.6) is 0 Å². The van der Waals surface area contributed by atoms with Gasteiger partial charge in [0, 0.05) is 30.9 Å². The highest BCUT2D eigenvalue weighted by atomic mass is 32.2. The molecule has 170 valence electrons. The summed E-state index contributed by atoms with van der Waals surface area (Å²) >= 11 is 0. The summed E-state index contributed by atoms with van der Waals surface area (Å²) in [6.45, 7) is 3.63. The van der Waals surface area contributed by atoms with E-state index in [-0.39, 0.29) is 23.7 Å². The van der Waals surface area contributed by atoms with E-state index < -0.39 is 27.0 Å². The first-order valence-corrected chi connectivity index (χ1v) is 11.3. The van der Waals surface area contributed by atoms with Crippen molar-refractivity contribution in [2.75, 3.05) is 26.3 Å². The molecule has 0 atom stereocenters. The van der Waals surface area contributed by atoms with Crippen LogP contribution in [0.15, 0.2) is 59.5 Å². The molecule has 9 nitrogen and oxygen atoms in total. The monoisotopic (exact) mass is 460 g/mol. The number of hydrogen-bond donors (Lipinski definition) is 0. The van der Waals surface area contributed by atoms with Gasteiger partial charge in [0.15, 0.2) is 6.29 Å². The smallest absolute Gasteiger partial charge is 0.269 e. The minimum Gasteiger partial charge on any atom is -0.352 e. The summed E-state index contributed by atoms with van der Waals surface area (Å²) in [4.78, 5) is 22.3. The van der Waals surface area contributed by atoms with E-state index in [4.69, 9.17) is 9.47 Å². The Bertz CT molecular complexity index is 1070. The van der Waals surface area contributed by atoms with Crippen molar-refractivity contribution < 1.29 is 27.6 Å². The van der Waals surface area contributed by atoms with E-state index in [0.717, 1.165) is 28.6 Å². The second-order valence-electron chi connectivity index (χ2n) is 6.39. The molecule has 2 aromatic carbocycles. The summed E-state index contributed by atoms with van der Waals surface area (Å²) in [5.41, 5.74) is 0.163. The largest absolute Gasteiger partial charge is 0.352 e. The predicted octanol–water partition coefficient (Wildman–Crippen LogP) is 2.87. The highest BCUT2D eigenvalue weighted by Crippen LogP contribution is 2.20. The van der Waals surface area contributed by atoms with Crippen LogP contribution in [0.1, 0.15) is 24.2 Å². The van der Waals surface area contributed by atoms with Crippen LogP contribution in [0.3, 0.4) is 0 Å². The second kappa shape index (κ2) is 12.1. The Labute approximate surface area is 187 Å². The zero-order chi connectivity index (χ0) is 23.6. The average molecular weight is 461 g/mol. The van der Waals surface area contributed by atoms with E-state index in [1.54, 1.807) is 44.2 Å². The van der Waals surface area contributed by atoms with E-state index in [1.165, 1.54) is 0 Å². The molecule has 2 aromatic rings. The Balaban J connectivity index is 2.31. The van der Waals surface area contributed by atoms with Gasteiger partial charge in [-0.1, -0.05) is 36.3 Å². The minimum absolute atomic E-state index is 0.147. The summed E-state index contributed by atoms with van der Waals surface area (Å²) < 4.78 is 38.3. The first-order chi connectivity index (χ1) is 15.3. The molecule has 0 N–H and O–H groups in total. The van der Waals surface area contributed by atoms with Crippen molar-refractivity contribution >= 4 is 21.5 Å². The van der Waals surface area contributed by atoms with Crippen molar-refractivity contribution in [1.29, 1.82) is 0 Å². The number of benzene rings is 2. The number of Topliss-reactive ketones (excluding diaryl/α,β-unsaturated/α-hetero) is 1. The van der Waals surface area contributed by atoms with E-state index >= 15 is 0 Å². The second-order valence-corrected chi connectivity index (χ2v) is 8.32. The third-order valence-electron chi connectivity index (χ3n) is 4.24. The van der Waals surface area contributed by atoms with Crippen molar-refractivity contribution in [3.05, 3.63) is 70.3 Å². The first kappa shape index (κ1) is 25.2. The highest BCUT2D eigenvalue weighted by Gasteiger charge is 2.28. The van der Waals surface area contributed by atoms with Crippen LogP contribution < -0.4 is 0 Å². The molecule has 0 amide bonds. The lowest BCUT2D eigenvalue weighted by Gasteiger charge is -2.25. The lowest BCUT2D eigenvalue weighted by Crippen LogP contribution is -2.40. The number of rotatable bonds is 11. The maximum absolute atomic E-state index is 13.2. The van der Waals surface area contributed by atoms with Gasteiger partial charge in [0.25, 0.3) is 5.69 Å². The van der Waals surface area contributed by atoms with Gasteiger partial charge in [0.2, 0.25) is 15.8 Å². The molecule has 0 aromatic heterocycles. The number of nitro benzene ring substituents is 1. The van der Waals surface area contributed by atoms with Crippen LogP contribution >= 0.6 is 0 Å². The van der Waals surface area contributed by atoms with Gasteiger partial charge < -0.3 is 9.47 Å². The van der Waals surface area contributed by atoms with Crippen molar-refractivity contribution in [2.45, 2.75) is 25.0 Å². The molecule has 0 fully saturated rings. The maximum atomic E-state index is 13.2. The number of carbonyl (C=O) groups is 1. The molecule has 0 saturated heterocycles. The third kappa shape index (κ3) is 6.96. The summed E-state index contributed by atoms with van der Waals surface area (Å²) in [6, 6.07) is 12.9. The minimum atomic E-state index is -4.10. The molecule has 0 unspecified atom stereocenters. The number of carbonyl (C=O) groups excluding carboxylic acids is 1. The molecule has 0 spiro atoms. The number of sulfonamides is 1. The van der Waals surface area contributed by atoms with Crippen LogP contribution in [0.2, 0.25) is 0 Å². The molecule has 32 heavy (non-hydrogen) atoms. The maximum Gasteiger partial charge on any atom is 0.269 e. The van der Waals surface area contributed by atoms with E-state index in [1.807, 2.05) is 0 Å². The zero-order valence-electron chi connectivity index (χ0n) is 17.8. The molecule has 0 saturated carbocycles. The topological polar surface area (TPSA) is 116 Å². The van der Waals surface area contributed by atoms with Crippen molar-refractivity contribution in [2.24, 2.45) is 0 Å². The van der Waals surface area contributed by atoms with Crippen LogP contribution in [0.25, 0.3) is 0 Å². The molecule has 0 aliphatic rings. The van der Waals surface area contributed by atoms with Gasteiger partial charge in [-0.3, -0.25) is 14.9 Å². The third-order valence-corrected chi connectivity index (χ3v) is 6.06. The van der Waals surface area contributed by atoms with Crippen LogP contribution in [0, 0.1) is 22.0 Å². The summed E-state index contributed by atoms with van der Waals surface area (Å²) in [5, 5.41) is 10.9. The number of ether oxygens (including phenoxy) is 2. The van der Waals surface area contributed by atoms with Gasteiger partial charge >= 0.3 is 0 Å². The van der Waals surface area contributed by atoms with Gasteiger partial charge in [-0.05, 0) is 31.9 Å². The lowest BCUT2D eigenvalue weighted by molar-refractivity contribution is -0.384. The molecule has 0 heterocycles. The Morgan fingerprint density at radius 2 is 1.66 bits per heavy atom. The number of ketones is 1. The summed E-state index contributed by atoms with van der Waals surface area (Å²) in [5.74, 6) is 4.61. The SMILES string of the molecule is CCOC(CN(CC#CC(=O)c1ccccc1)S(=O)(=O)c1ccc([N+](=O)[O-])cc1)OCC. The van der Waals surface area contributed by atoms with E-state index in [2.05, 4.69) is 11.8 Å². The molecule has 0 aliphatic heterocycles. The molecule has 0 radical (unpaired) electrons. The van der Waals surface area contributed by atoms with Gasteiger partial charge in [0.05, 0.1) is 22.9 Å². The van der Waals surface area contributed by atoms with Crippen LogP contribution in [-0.2, 0) is 19.5 Å². The highest BCUT2D eigenvalue weighted by molar-refractivity contribution is 7.89. The lowest BCUT2D eigenvalue weighted by atomic mass is 10.1. The summed E-state index contributed by atoms with van der Waals surface area (Å²) in [7, 11) is -4.10. The molecule has 2 rings (SSSR count). The van der Waals surface area contributed by atoms with Gasteiger partial charge in [-0.25, -0.2) is 8.42 Å². The number of nitro groups is 1. The van der Waals surface area contributed by atoms with Crippen molar-refractivity contribution in [1.82, 2.24) is 4.31 Å². The Hall–Kier alpha value is -3.10.